The van der Waals surface area contributed by atoms with Crippen molar-refractivity contribution in [3.8, 4) is 0 Å². The molecule has 5 rings (SSSR count). The topological polar surface area (TPSA) is 51.2 Å². The molecular formula is C28H49NO4. The lowest BCUT2D eigenvalue weighted by Crippen LogP contribution is -2.54. The third-order valence-electron chi connectivity index (χ3n) is 9.51. The van der Waals surface area contributed by atoms with Crippen LogP contribution in [-0.4, -0.2) is 68.5 Å². The van der Waals surface area contributed by atoms with Crippen molar-refractivity contribution in [3.05, 3.63) is 12.2 Å². The summed E-state index contributed by atoms with van der Waals surface area (Å²) in [5.41, 5.74) is 1.75. The Bertz CT molecular complexity index is 593. The monoisotopic (exact) mass is 463 g/mol. The molecule has 0 spiro atoms. The van der Waals surface area contributed by atoms with E-state index in [0.717, 1.165) is 65.0 Å². The van der Waals surface area contributed by atoms with Crippen LogP contribution in [0.1, 0.15) is 84.0 Å². The van der Waals surface area contributed by atoms with Crippen molar-refractivity contribution in [3.63, 3.8) is 0 Å². The second kappa shape index (κ2) is 12.5. The van der Waals surface area contributed by atoms with Gasteiger partial charge in [0, 0.05) is 32.2 Å². The summed E-state index contributed by atoms with van der Waals surface area (Å²) in [6.07, 6.45) is 16.3. The van der Waals surface area contributed by atoms with E-state index in [1.807, 2.05) is 0 Å². The van der Waals surface area contributed by atoms with E-state index in [0.29, 0.717) is 42.2 Å². The third-order valence-corrected chi connectivity index (χ3v) is 9.51. The number of hydrogen-bond donors (Lipinski definition) is 1. The summed E-state index contributed by atoms with van der Waals surface area (Å²) in [6.45, 7) is 12.3. The summed E-state index contributed by atoms with van der Waals surface area (Å²) in [6, 6.07) is 0. The molecule has 5 fully saturated rings. The first-order valence-electron chi connectivity index (χ1n) is 13.9. The molecule has 1 N–H and O–H groups in total. The molecule has 0 amide bonds. The average Bonchev–Trinajstić information content (AvgIpc) is 3.42. The van der Waals surface area contributed by atoms with Crippen molar-refractivity contribution in [2.24, 2.45) is 23.2 Å². The molecule has 3 aliphatic carbocycles. The molecule has 5 heteroatoms. The second-order valence-electron chi connectivity index (χ2n) is 11.4. The van der Waals surface area contributed by atoms with Crippen molar-refractivity contribution >= 4 is 0 Å². The molecule has 5 aliphatic rings. The van der Waals surface area contributed by atoms with Gasteiger partial charge in [-0.05, 0) is 62.2 Å². The number of aliphatic hydroxyl groups excluding tert-OH is 1. The van der Waals surface area contributed by atoms with Gasteiger partial charge < -0.3 is 24.2 Å². The maximum Gasteiger partial charge on any atom is 0.147 e. The number of ether oxygens (including phenoxy) is 3. The van der Waals surface area contributed by atoms with Gasteiger partial charge >= 0.3 is 0 Å². The molecule has 2 aliphatic heterocycles. The van der Waals surface area contributed by atoms with Gasteiger partial charge in [0.05, 0.1) is 25.4 Å². The van der Waals surface area contributed by atoms with Crippen LogP contribution in [0.5, 0.6) is 0 Å². The van der Waals surface area contributed by atoms with Crippen molar-refractivity contribution in [2.75, 3.05) is 46.2 Å². The highest BCUT2D eigenvalue weighted by Crippen LogP contribution is 2.58. The minimum absolute atomic E-state index is 0.257. The van der Waals surface area contributed by atoms with Crippen molar-refractivity contribution in [1.29, 1.82) is 0 Å². The Morgan fingerprint density at radius 3 is 2.52 bits per heavy atom. The molecule has 33 heavy (non-hydrogen) atoms. The molecule has 0 aromatic rings. The number of likely N-dealkylation sites (tertiary alicyclic amines) is 1. The number of allylic oxidation sites excluding steroid dienone is 1. The summed E-state index contributed by atoms with van der Waals surface area (Å²) >= 11 is 0. The maximum atomic E-state index is 9.09. The lowest BCUT2D eigenvalue weighted by atomic mass is 9.50. The van der Waals surface area contributed by atoms with Crippen molar-refractivity contribution < 1.29 is 19.3 Å². The Labute approximate surface area is 202 Å². The molecule has 2 saturated heterocycles. The summed E-state index contributed by atoms with van der Waals surface area (Å²) in [7, 11) is 0. The van der Waals surface area contributed by atoms with Crippen molar-refractivity contribution in [1.82, 2.24) is 4.90 Å². The van der Waals surface area contributed by atoms with Gasteiger partial charge in [0.1, 0.15) is 6.79 Å². The zero-order valence-corrected chi connectivity index (χ0v) is 21.1. The van der Waals surface area contributed by atoms with Gasteiger partial charge in [-0.1, -0.05) is 51.2 Å². The summed E-state index contributed by atoms with van der Waals surface area (Å²) in [5, 5.41) is 9.09. The Kier molecular flexibility index (Phi) is 9.70. The molecule has 5 unspecified atom stereocenters. The minimum atomic E-state index is 0.257. The quantitative estimate of drug-likeness (QED) is 0.551. The van der Waals surface area contributed by atoms with Gasteiger partial charge in [-0.3, -0.25) is 0 Å². The highest BCUT2D eigenvalue weighted by Gasteiger charge is 2.53. The number of rotatable bonds is 6. The number of aliphatic hydroxyl groups is 1. The number of β-amino-alcohol motifs (C(OH)–C–C–N with tert-alkyl or cyclic N) is 1. The smallest absolute Gasteiger partial charge is 0.147 e. The SMILES string of the molecule is C1CCCC1.C=C1CCC2C3COCOC3CCC2(C)C1CCOC1CCN(CCO)CC1. The molecule has 3 saturated carbocycles. The molecule has 0 radical (unpaired) electrons. The fourth-order valence-corrected chi connectivity index (χ4v) is 7.52. The van der Waals surface area contributed by atoms with Crippen LogP contribution in [-0.2, 0) is 14.2 Å². The first kappa shape index (κ1) is 25.6. The molecule has 190 valence electrons. The summed E-state index contributed by atoms with van der Waals surface area (Å²) in [5.74, 6) is 1.80. The number of piperidine rings is 1. The highest BCUT2D eigenvalue weighted by molar-refractivity contribution is 5.15. The first-order chi connectivity index (χ1) is 16.1. The van der Waals surface area contributed by atoms with Gasteiger partial charge in [0.15, 0.2) is 0 Å². The third kappa shape index (κ3) is 6.41. The minimum Gasteiger partial charge on any atom is -0.395 e. The normalized spacial score (nSPS) is 37.7. The van der Waals surface area contributed by atoms with E-state index in [-0.39, 0.29) is 6.61 Å². The van der Waals surface area contributed by atoms with E-state index < -0.39 is 0 Å². The van der Waals surface area contributed by atoms with Crippen molar-refractivity contribution in [2.45, 2.75) is 96.2 Å². The molecule has 0 bridgehead atoms. The largest absolute Gasteiger partial charge is 0.395 e. The van der Waals surface area contributed by atoms with Crippen LogP contribution in [0.2, 0.25) is 0 Å². The molecule has 2 heterocycles. The van der Waals surface area contributed by atoms with Gasteiger partial charge in [0.25, 0.3) is 0 Å². The lowest BCUT2D eigenvalue weighted by molar-refractivity contribution is -0.219. The van der Waals surface area contributed by atoms with Gasteiger partial charge in [0.2, 0.25) is 0 Å². The van der Waals surface area contributed by atoms with Crippen LogP contribution in [0.15, 0.2) is 12.2 Å². The van der Waals surface area contributed by atoms with E-state index >= 15 is 0 Å². The predicted molar refractivity (Wildman–Crippen MR) is 132 cm³/mol. The zero-order valence-electron chi connectivity index (χ0n) is 21.1. The molecule has 0 aromatic heterocycles. The first-order valence-corrected chi connectivity index (χ1v) is 13.9. The standard InChI is InChI=1S/C23H39NO4.C5H10/c1-17-3-4-21-19-15-26-16-28-22(19)5-9-23(21,2)20(17)8-14-27-18-6-10-24(11-7-18)12-13-25;1-2-4-5-3-1/h18-22,25H,1,3-16H2,2H3;1-5H2. The van der Waals surface area contributed by atoms with E-state index in [9.17, 15) is 0 Å². The number of fused-ring (bicyclic) bond motifs is 3. The van der Waals surface area contributed by atoms with E-state index in [1.54, 1.807) is 0 Å². The fourth-order valence-electron chi connectivity index (χ4n) is 7.52. The Morgan fingerprint density at radius 1 is 1.09 bits per heavy atom. The van der Waals surface area contributed by atoms with Crippen LogP contribution in [0.4, 0.5) is 0 Å². The average molecular weight is 464 g/mol. The second-order valence-corrected chi connectivity index (χ2v) is 11.4. The number of nitrogens with zero attached hydrogens (tertiary/aromatic N) is 1. The Morgan fingerprint density at radius 2 is 1.82 bits per heavy atom. The predicted octanol–water partition coefficient (Wildman–Crippen LogP) is 5.17. The number of hydrogen-bond acceptors (Lipinski definition) is 5. The summed E-state index contributed by atoms with van der Waals surface area (Å²) in [4.78, 5) is 2.33. The van der Waals surface area contributed by atoms with Crippen LogP contribution in [0, 0.1) is 23.2 Å². The Hall–Kier alpha value is -0.460. The van der Waals surface area contributed by atoms with Gasteiger partial charge in [-0.25, -0.2) is 0 Å². The van der Waals surface area contributed by atoms with E-state index in [1.165, 1.54) is 50.5 Å². The molecule has 5 nitrogen and oxygen atoms in total. The van der Waals surface area contributed by atoms with Crippen LogP contribution >= 0.6 is 0 Å². The lowest BCUT2D eigenvalue weighted by Gasteiger charge is -2.57. The highest BCUT2D eigenvalue weighted by atomic mass is 16.7. The van der Waals surface area contributed by atoms with Crippen LogP contribution < -0.4 is 0 Å². The molecular weight excluding hydrogens is 414 g/mol. The Balaban J connectivity index is 0.000000459. The van der Waals surface area contributed by atoms with Crippen LogP contribution in [0.3, 0.4) is 0 Å². The maximum absolute atomic E-state index is 9.09. The molecule has 5 atom stereocenters. The fraction of sp³-hybridized carbons (Fsp3) is 0.929. The van der Waals surface area contributed by atoms with Gasteiger partial charge in [-0.2, -0.15) is 0 Å². The van der Waals surface area contributed by atoms with Gasteiger partial charge in [-0.15, -0.1) is 0 Å². The summed E-state index contributed by atoms with van der Waals surface area (Å²) < 4.78 is 17.9. The van der Waals surface area contributed by atoms with E-state index in [4.69, 9.17) is 19.3 Å². The van der Waals surface area contributed by atoms with Crippen LogP contribution in [0.25, 0.3) is 0 Å². The van der Waals surface area contributed by atoms with E-state index in [2.05, 4.69) is 18.4 Å². The zero-order chi connectivity index (χ0) is 23.1. The molecule has 0 aromatic carbocycles.